The Morgan fingerprint density at radius 1 is 1.24 bits per heavy atom. The Morgan fingerprint density at radius 2 is 2.00 bits per heavy atom. The zero-order valence-corrected chi connectivity index (χ0v) is 13.1. The molecule has 2 aromatic rings. The molecule has 5 heteroatoms. The van der Waals surface area contributed by atoms with Gasteiger partial charge in [0.05, 0.1) is 0 Å². The molecule has 1 amide bonds. The van der Waals surface area contributed by atoms with Crippen molar-refractivity contribution in [2.75, 3.05) is 6.54 Å². The van der Waals surface area contributed by atoms with Gasteiger partial charge in [-0.3, -0.25) is 9.36 Å². The summed E-state index contributed by atoms with van der Waals surface area (Å²) in [5.74, 6) is -0.0179. The van der Waals surface area contributed by atoms with Crippen molar-refractivity contribution in [1.29, 1.82) is 0 Å². The van der Waals surface area contributed by atoms with Gasteiger partial charge in [0.15, 0.2) is 4.77 Å². The largest absolute Gasteiger partial charge is 0.352 e. The average molecular weight is 303 g/mol. The molecule has 0 aliphatic rings. The molecule has 0 saturated heterocycles. The van der Waals surface area contributed by atoms with Crippen LogP contribution in [0.4, 0.5) is 0 Å². The van der Waals surface area contributed by atoms with Crippen molar-refractivity contribution in [3.05, 3.63) is 47.0 Å². The van der Waals surface area contributed by atoms with E-state index >= 15 is 0 Å². The lowest BCUT2D eigenvalue weighted by Gasteiger charge is -2.06. The van der Waals surface area contributed by atoms with Crippen LogP contribution in [0.25, 0.3) is 5.69 Å². The highest BCUT2D eigenvalue weighted by Gasteiger charge is 2.05. The minimum atomic E-state index is -0.0179. The monoisotopic (exact) mass is 303 g/mol. The van der Waals surface area contributed by atoms with Crippen LogP contribution in [-0.2, 0) is 0 Å². The summed E-state index contributed by atoms with van der Waals surface area (Å²) in [6.45, 7) is 2.92. The zero-order valence-electron chi connectivity index (χ0n) is 12.3. The molecule has 0 fully saturated rings. The van der Waals surface area contributed by atoms with E-state index < -0.39 is 0 Å². The maximum absolute atomic E-state index is 12.0. The minimum absolute atomic E-state index is 0.0179. The van der Waals surface area contributed by atoms with E-state index in [4.69, 9.17) is 12.2 Å². The lowest BCUT2D eigenvalue weighted by atomic mass is 10.1. The fraction of sp³-hybridized carbons (Fsp3) is 0.375. The number of aromatic nitrogens is 2. The van der Waals surface area contributed by atoms with Gasteiger partial charge in [-0.2, -0.15) is 0 Å². The summed E-state index contributed by atoms with van der Waals surface area (Å²) in [5, 5.41) is 2.95. The van der Waals surface area contributed by atoms with Crippen molar-refractivity contribution in [2.24, 2.45) is 0 Å². The van der Waals surface area contributed by atoms with Crippen molar-refractivity contribution in [2.45, 2.75) is 32.6 Å². The van der Waals surface area contributed by atoms with Gasteiger partial charge in [-0.15, -0.1) is 0 Å². The van der Waals surface area contributed by atoms with E-state index in [1.807, 2.05) is 35.0 Å². The number of carbonyl (C=O) groups excluding carboxylic acids is 1. The first-order valence-corrected chi connectivity index (χ1v) is 7.78. The van der Waals surface area contributed by atoms with Crippen LogP contribution in [0.1, 0.15) is 43.0 Å². The van der Waals surface area contributed by atoms with Gasteiger partial charge < -0.3 is 10.3 Å². The van der Waals surface area contributed by atoms with Crippen molar-refractivity contribution < 1.29 is 4.79 Å². The van der Waals surface area contributed by atoms with Gasteiger partial charge in [0.25, 0.3) is 5.91 Å². The Bertz CT molecular complexity index is 627. The highest BCUT2D eigenvalue weighted by Crippen LogP contribution is 2.10. The van der Waals surface area contributed by atoms with Crippen LogP contribution < -0.4 is 5.32 Å². The summed E-state index contributed by atoms with van der Waals surface area (Å²) in [4.78, 5) is 14.9. The minimum Gasteiger partial charge on any atom is -0.352 e. The SMILES string of the molecule is CCCCCCNC(=O)c1ccc(-n2cc[nH]c2=S)cc1. The average Bonchev–Trinajstić information content (AvgIpc) is 2.93. The van der Waals surface area contributed by atoms with Crippen LogP contribution >= 0.6 is 12.2 Å². The number of amides is 1. The topological polar surface area (TPSA) is 49.8 Å². The van der Waals surface area contributed by atoms with E-state index in [2.05, 4.69) is 17.2 Å². The predicted octanol–water partition coefficient (Wildman–Crippen LogP) is 3.84. The Hall–Kier alpha value is -1.88. The first-order valence-electron chi connectivity index (χ1n) is 7.37. The van der Waals surface area contributed by atoms with Gasteiger partial charge in [-0.25, -0.2) is 0 Å². The van der Waals surface area contributed by atoms with E-state index in [1.54, 1.807) is 6.20 Å². The molecule has 0 bridgehead atoms. The summed E-state index contributed by atoms with van der Waals surface area (Å²) in [7, 11) is 0. The number of imidazole rings is 1. The van der Waals surface area contributed by atoms with E-state index in [1.165, 1.54) is 19.3 Å². The smallest absolute Gasteiger partial charge is 0.251 e. The van der Waals surface area contributed by atoms with Gasteiger partial charge in [-0.05, 0) is 42.9 Å². The van der Waals surface area contributed by atoms with Gasteiger partial charge in [0.1, 0.15) is 0 Å². The van der Waals surface area contributed by atoms with E-state index in [0.717, 1.165) is 18.7 Å². The molecule has 0 atom stereocenters. The van der Waals surface area contributed by atoms with Crippen LogP contribution in [0.2, 0.25) is 0 Å². The van der Waals surface area contributed by atoms with E-state index in [-0.39, 0.29) is 5.91 Å². The third-order valence-electron chi connectivity index (χ3n) is 3.37. The Labute approximate surface area is 130 Å². The molecule has 0 radical (unpaired) electrons. The van der Waals surface area contributed by atoms with Crippen LogP contribution in [0.15, 0.2) is 36.7 Å². The molecule has 1 heterocycles. The second-order valence-corrected chi connectivity index (χ2v) is 5.39. The second kappa shape index (κ2) is 7.78. The quantitative estimate of drug-likeness (QED) is 0.603. The molecule has 2 N–H and O–H groups in total. The summed E-state index contributed by atoms with van der Waals surface area (Å²) in [5.41, 5.74) is 1.62. The number of nitrogens with one attached hydrogen (secondary N) is 2. The molecule has 0 unspecified atom stereocenters. The van der Waals surface area contributed by atoms with Gasteiger partial charge in [-0.1, -0.05) is 26.2 Å². The first kappa shape index (κ1) is 15.5. The maximum Gasteiger partial charge on any atom is 0.251 e. The predicted molar refractivity (Wildman–Crippen MR) is 87.4 cm³/mol. The summed E-state index contributed by atoms with van der Waals surface area (Å²) >= 11 is 5.17. The normalized spacial score (nSPS) is 10.5. The van der Waals surface area contributed by atoms with Crippen LogP contribution in [0.3, 0.4) is 0 Å². The van der Waals surface area contributed by atoms with Gasteiger partial charge in [0, 0.05) is 30.2 Å². The maximum atomic E-state index is 12.0. The number of hydrogen-bond acceptors (Lipinski definition) is 2. The second-order valence-electron chi connectivity index (χ2n) is 5.00. The molecule has 1 aromatic carbocycles. The lowest BCUT2D eigenvalue weighted by molar-refractivity contribution is 0.0953. The van der Waals surface area contributed by atoms with Crippen LogP contribution in [0.5, 0.6) is 0 Å². The zero-order chi connectivity index (χ0) is 15.1. The molecule has 0 aliphatic carbocycles. The lowest BCUT2D eigenvalue weighted by Crippen LogP contribution is -2.24. The number of H-pyrrole nitrogens is 1. The highest BCUT2D eigenvalue weighted by atomic mass is 32.1. The molecule has 1 aromatic heterocycles. The van der Waals surface area contributed by atoms with Crippen LogP contribution in [0, 0.1) is 4.77 Å². The number of unbranched alkanes of at least 4 members (excludes halogenated alkanes) is 3. The number of hydrogen-bond donors (Lipinski definition) is 2. The van der Waals surface area contributed by atoms with Crippen molar-refractivity contribution >= 4 is 18.1 Å². The Morgan fingerprint density at radius 3 is 2.62 bits per heavy atom. The number of aromatic amines is 1. The van der Waals surface area contributed by atoms with Crippen LogP contribution in [-0.4, -0.2) is 22.0 Å². The summed E-state index contributed by atoms with van der Waals surface area (Å²) < 4.78 is 2.50. The van der Waals surface area contributed by atoms with Gasteiger partial charge >= 0.3 is 0 Å². The molecule has 0 saturated carbocycles. The standard InChI is InChI=1S/C16H21N3OS/c1-2-3-4-5-10-17-15(20)13-6-8-14(9-7-13)19-12-11-18-16(19)21/h6-9,11-12H,2-5,10H2,1H3,(H,17,20)(H,18,21). The fourth-order valence-electron chi connectivity index (χ4n) is 2.15. The molecule has 4 nitrogen and oxygen atoms in total. The number of carbonyl (C=O) groups is 1. The van der Waals surface area contributed by atoms with E-state index in [0.29, 0.717) is 10.3 Å². The molecule has 21 heavy (non-hydrogen) atoms. The van der Waals surface area contributed by atoms with Crippen molar-refractivity contribution in [3.63, 3.8) is 0 Å². The molecule has 0 aliphatic heterocycles. The number of rotatable bonds is 7. The molecular formula is C16H21N3OS. The summed E-state index contributed by atoms with van der Waals surface area (Å²) in [6, 6.07) is 7.45. The van der Waals surface area contributed by atoms with Crippen molar-refractivity contribution in [3.8, 4) is 5.69 Å². The molecule has 2 rings (SSSR count). The molecular weight excluding hydrogens is 282 g/mol. The summed E-state index contributed by atoms with van der Waals surface area (Å²) in [6.07, 6.45) is 8.29. The first-order chi connectivity index (χ1) is 10.2. The Kier molecular flexibility index (Phi) is 5.75. The van der Waals surface area contributed by atoms with Crippen molar-refractivity contribution in [1.82, 2.24) is 14.9 Å². The number of nitrogens with zero attached hydrogens (tertiary/aromatic N) is 1. The third-order valence-corrected chi connectivity index (χ3v) is 3.69. The third kappa shape index (κ3) is 4.29. The number of benzene rings is 1. The Balaban J connectivity index is 1.91. The molecule has 0 spiro atoms. The molecule has 112 valence electrons. The van der Waals surface area contributed by atoms with Gasteiger partial charge in [0.2, 0.25) is 0 Å². The fourth-order valence-corrected chi connectivity index (χ4v) is 2.39. The van der Waals surface area contributed by atoms with E-state index in [9.17, 15) is 4.79 Å². The highest BCUT2D eigenvalue weighted by molar-refractivity contribution is 7.71.